The molecule has 2 aromatic rings. The number of nitrogens with zero attached hydrogens (tertiary/aromatic N) is 4. The molecule has 2 aliphatic heterocycles. The van der Waals surface area contributed by atoms with Crippen molar-refractivity contribution in [2.75, 3.05) is 31.6 Å². The molecule has 168 valence electrons. The van der Waals surface area contributed by atoms with Crippen molar-refractivity contribution in [3.8, 4) is 0 Å². The fourth-order valence-electron chi connectivity index (χ4n) is 4.33. The van der Waals surface area contributed by atoms with E-state index in [0.717, 1.165) is 36.3 Å². The molecule has 6 nitrogen and oxygen atoms in total. The second-order valence-electron chi connectivity index (χ2n) is 8.64. The molecular formula is C26H32N4O2. The van der Waals surface area contributed by atoms with Crippen LogP contribution in [-0.4, -0.2) is 54.1 Å². The van der Waals surface area contributed by atoms with Gasteiger partial charge in [-0.05, 0) is 42.5 Å². The summed E-state index contributed by atoms with van der Waals surface area (Å²) in [5, 5.41) is 5.98. The van der Waals surface area contributed by atoms with Gasteiger partial charge >= 0.3 is 0 Å². The van der Waals surface area contributed by atoms with E-state index >= 15 is 0 Å². The van der Waals surface area contributed by atoms with Gasteiger partial charge in [0.15, 0.2) is 0 Å². The number of anilines is 1. The Morgan fingerprint density at radius 2 is 1.62 bits per heavy atom. The lowest BCUT2D eigenvalue weighted by atomic mass is 10.1. The summed E-state index contributed by atoms with van der Waals surface area (Å²) in [6.07, 6.45) is 4.97. The molecule has 0 aliphatic carbocycles. The number of rotatable bonds is 7. The van der Waals surface area contributed by atoms with Crippen LogP contribution in [0.25, 0.3) is 0 Å². The molecule has 2 amide bonds. The summed E-state index contributed by atoms with van der Waals surface area (Å²) in [5.41, 5.74) is 4.33. The molecule has 0 unspecified atom stereocenters. The van der Waals surface area contributed by atoms with Crippen LogP contribution < -0.4 is 4.90 Å². The third kappa shape index (κ3) is 5.55. The molecule has 2 aliphatic rings. The first-order chi connectivity index (χ1) is 15.6. The van der Waals surface area contributed by atoms with E-state index in [1.807, 2.05) is 30.3 Å². The molecule has 0 aromatic heterocycles. The Morgan fingerprint density at radius 3 is 2.34 bits per heavy atom. The van der Waals surface area contributed by atoms with Crippen molar-refractivity contribution in [2.45, 2.75) is 45.1 Å². The molecule has 0 radical (unpaired) electrons. The molecule has 2 aromatic carbocycles. The zero-order chi connectivity index (χ0) is 22.3. The van der Waals surface area contributed by atoms with Crippen LogP contribution in [0, 0.1) is 0 Å². The molecule has 0 saturated carbocycles. The molecule has 32 heavy (non-hydrogen) atoms. The van der Waals surface area contributed by atoms with Gasteiger partial charge in [-0.1, -0.05) is 42.5 Å². The Morgan fingerprint density at radius 1 is 0.906 bits per heavy atom. The second kappa shape index (κ2) is 10.4. The minimum absolute atomic E-state index is 0.0232. The normalized spacial score (nSPS) is 16.1. The Kier molecular flexibility index (Phi) is 7.20. The van der Waals surface area contributed by atoms with E-state index in [0.29, 0.717) is 13.1 Å². The van der Waals surface area contributed by atoms with Crippen LogP contribution in [0.15, 0.2) is 59.7 Å². The summed E-state index contributed by atoms with van der Waals surface area (Å²) in [7, 11) is 1.80. The van der Waals surface area contributed by atoms with Gasteiger partial charge in [-0.15, -0.1) is 0 Å². The zero-order valence-electron chi connectivity index (χ0n) is 18.9. The fraction of sp³-hybridized carbons (Fsp3) is 0.423. The summed E-state index contributed by atoms with van der Waals surface area (Å²) in [6, 6.07) is 18.4. The topological polar surface area (TPSA) is 56.2 Å². The van der Waals surface area contributed by atoms with Crippen LogP contribution >= 0.6 is 0 Å². The van der Waals surface area contributed by atoms with Crippen molar-refractivity contribution in [3.63, 3.8) is 0 Å². The van der Waals surface area contributed by atoms with Gasteiger partial charge in [0, 0.05) is 51.6 Å². The maximum atomic E-state index is 12.6. The van der Waals surface area contributed by atoms with Gasteiger partial charge in [0.25, 0.3) is 0 Å². The first-order valence-corrected chi connectivity index (χ1v) is 11.6. The summed E-state index contributed by atoms with van der Waals surface area (Å²) >= 11 is 0. The molecule has 1 fully saturated rings. The van der Waals surface area contributed by atoms with Gasteiger partial charge in [0.05, 0.1) is 12.3 Å². The van der Waals surface area contributed by atoms with Gasteiger partial charge < -0.3 is 9.80 Å². The highest BCUT2D eigenvalue weighted by Gasteiger charge is 2.22. The van der Waals surface area contributed by atoms with Crippen molar-refractivity contribution in [3.05, 3.63) is 65.7 Å². The first kappa shape index (κ1) is 22.1. The summed E-state index contributed by atoms with van der Waals surface area (Å²) in [5.74, 6) is -0.117. The fourth-order valence-corrected chi connectivity index (χ4v) is 4.33. The van der Waals surface area contributed by atoms with E-state index in [4.69, 9.17) is 0 Å². The van der Waals surface area contributed by atoms with Crippen LogP contribution in [0.1, 0.15) is 49.7 Å². The Bertz CT molecular complexity index is 950. The highest BCUT2D eigenvalue weighted by atomic mass is 16.2. The number of piperidine rings is 1. The molecule has 0 spiro atoms. The van der Waals surface area contributed by atoms with Crippen molar-refractivity contribution in [2.24, 2.45) is 5.10 Å². The standard InChI is InChI=1S/C26H32N4O2/c1-28(20-21-10-12-23(13-11-21)29-17-6-3-7-18-29)25(31)14-15-26(32)30-19-16-24(27-30)22-8-4-2-5-9-22/h2,4-5,8-13H,3,6-7,14-20H2,1H3. The van der Waals surface area contributed by atoms with E-state index in [-0.39, 0.29) is 24.7 Å². The predicted octanol–water partition coefficient (Wildman–Crippen LogP) is 4.05. The second-order valence-corrected chi connectivity index (χ2v) is 8.64. The lowest BCUT2D eigenvalue weighted by Crippen LogP contribution is -2.30. The monoisotopic (exact) mass is 432 g/mol. The van der Waals surface area contributed by atoms with Crippen LogP contribution in [0.4, 0.5) is 5.69 Å². The SMILES string of the molecule is CN(Cc1ccc(N2CCCCC2)cc1)C(=O)CCC(=O)N1CCC(c2ccccc2)=N1. The maximum Gasteiger partial charge on any atom is 0.243 e. The lowest BCUT2D eigenvalue weighted by molar-refractivity contribution is -0.136. The van der Waals surface area contributed by atoms with Gasteiger partial charge in [-0.3, -0.25) is 9.59 Å². The molecule has 4 rings (SSSR count). The summed E-state index contributed by atoms with van der Waals surface area (Å²) < 4.78 is 0. The van der Waals surface area contributed by atoms with Crippen molar-refractivity contribution in [1.82, 2.24) is 9.91 Å². The Balaban J connectivity index is 1.24. The number of hydrogen-bond acceptors (Lipinski definition) is 4. The number of hydrazone groups is 1. The first-order valence-electron chi connectivity index (χ1n) is 11.6. The molecular weight excluding hydrogens is 400 g/mol. The molecule has 6 heteroatoms. The van der Waals surface area contributed by atoms with E-state index < -0.39 is 0 Å². The van der Waals surface area contributed by atoms with Crippen LogP contribution in [0.5, 0.6) is 0 Å². The lowest BCUT2D eigenvalue weighted by Gasteiger charge is -2.29. The van der Waals surface area contributed by atoms with Gasteiger partial charge in [-0.25, -0.2) is 5.01 Å². The highest BCUT2D eigenvalue weighted by molar-refractivity contribution is 6.02. The molecule has 0 N–H and O–H groups in total. The Labute approximate surface area is 190 Å². The minimum Gasteiger partial charge on any atom is -0.372 e. The average molecular weight is 433 g/mol. The van der Waals surface area contributed by atoms with Crippen LogP contribution in [0.3, 0.4) is 0 Å². The highest BCUT2D eigenvalue weighted by Crippen LogP contribution is 2.21. The number of carbonyl (C=O) groups excluding carboxylic acids is 2. The Hall–Kier alpha value is -3.15. The number of amides is 2. The van der Waals surface area contributed by atoms with Crippen molar-refractivity contribution < 1.29 is 9.59 Å². The van der Waals surface area contributed by atoms with Gasteiger partial charge in [0.2, 0.25) is 11.8 Å². The molecule has 2 heterocycles. The van der Waals surface area contributed by atoms with Crippen molar-refractivity contribution in [1.29, 1.82) is 0 Å². The maximum absolute atomic E-state index is 12.6. The summed E-state index contributed by atoms with van der Waals surface area (Å²) in [4.78, 5) is 29.2. The van der Waals surface area contributed by atoms with Crippen molar-refractivity contribution >= 4 is 23.2 Å². The van der Waals surface area contributed by atoms with Gasteiger partial charge in [0.1, 0.15) is 0 Å². The van der Waals surface area contributed by atoms with Crippen LogP contribution in [-0.2, 0) is 16.1 Å². The number of hydrogen-bond donors (Lipinski definition) is 0. The summed E-state index contributed by atoms with van der Waals surface area (Å²) in [6.45, 7) is 3.38. The quantitative estimate of drug-likeness (QED) is 0.663. The largest absolute Gasteiger partial charge is 0.372 e. The minimum atomic E-state index is -0.0939. The van der Waals surface area contributed by atoms with E-state index in [1.54, 1.807) is 11.9 Å². The third-order valence-electron chi connectivity index (χ3n) is 6.25. The molecule has 1 saturated heterocycles. The molecule has 0 atom stereocenters. The predicted molar refractivity (Wildman–Crippen MR) is 128 cm³/mol. The molecule has 0 bridgehead atoms. The van der Waals surface area contributed by atoms with E-state index in [1.165, 1.54) is 30.0 Å². The third-order valence-corrected chi connectivity index (χ3v) is 6.25. The average Bonchev–Trinajstić information content (AvgIpc) is 3.34. The zero-order valence-corrected chi connectivity index (χ0v) is 18.9. The number of benzene rings is 2. The van der Waals surface area contributed by atoms with Gasteiger partial charge in [-0.2, -0.15) is 5.10 Å². The smallest absolute Gasteiger partial charge is 0.243 e. The van der Waals surface area contributed by atoms with Crippen LogP contribution in [0.2, 0.25) is 0 Å². The number of carbonyl (C=O) groups is 2. The van der Waals surface area contributed by atoms with E-state index in [9.17, 15) is 9.59 Å². The van der Waals surface area contributed by atoms with E-state index in [2.05, 4.69) is 34.3 Å².